The lowest BCUT2D eigenvalue weighted by molar-refractivity contribution is 0.230. The van der Waals surface area contributed by atoms with Crippen LogP contribution in [0.1, 0.15) is 19.4 Å². The second-order valence-electron chi connectivity index (χ2n) is 3.63. The van der Waals surface area contributed by atoms with Crippen LogP contribution in [0.5, 0.6) is 11.5 Å². The van der Waals surface area contributed by atoms with Crippen LogP contribution in [0.3, 0.4) is 0 Å². The van der Waals surface area contributed by atoms with Crippen LogP contribution in [0.15, 0.2) is 18.2 Å². The van der Waals surface area contributed by atoms with E-state index in [0.29, 0.717) is 6.42 Å². The molecule has 0 aliphatic heterocycles. The van der Waals surface area contributed by atoms with Gasteiger partial charge in [0.05, 0.1) is 13.2 Å². The Labute approximate surface area is 90.6 Å². The maximum absolute atomic E-state index is 8.83. The Balaban J connectivity index is 2.88. The molecule has 84 valence electrons. The zero-order chi connectivity index (χ0) is 11.3. The lowest BCUT2D eigenvalue weighted by Gasteiger charge is -2.14. The molecule has 1 aromatic carbocycles. The minimum atomic E-state index is 0.127. The third kappa shape index (κ3) is 3.44. The topological polar surface area (TPSA) is 38.7 Å². The SMILES string of the molecule is COc1cc(CCO)ccc1OC(C)C. The average molecular weight is 210 g/mol. The smallest absolute Gasteiger partial charge is 0.161 e. The minimum absolute atomic E-state index is 0.127. The van der Waals surface area contributed by atoms with E-state index in [0.717, 1.165) is 17.1 Å². The van der Waals surface area contributed by atoms with E-state index in [4.69, 9.17) is 14.6 Å². The Kier molecular flexibility index (Phi) is 4.43. The normalized spacial score (nSPS) is 10.5. The first-order valence-corrected chi connectivity index (χ1v) is 5.11. The van der Waals surface area contributed by atoms with Gasteiger partial charge in [-0.15, -0.1) is 0 Å². The number of rotatable bonds is 5. The van der Waals surface area contributed by atoms with E-state index in [1.165, 1.54) is 0 Å². The number of benzene rings is 1. The standard InChI is InChI=1S/C12H18O3/c1-9(2)15-11-5-4-10(6-7-13)8-12(11)14-3/h4-5,8-9,13H,6-7H2,1-3H3. The molecular weight excluding hydrogens is 192 g/mol. The van der Waals surface area contributed by atoms with Crippen LogP contribution in [0.25, 0.3) is 0 Å². The highest BCUT2D eigenvalue weighted by Gasteiger charge is 2.06. The molecule has 0 fully saturated rings. The predicted octanol–water partition coefficient (Wildman–Crippen LogP) is 2.02. The van der Waals surface area contributed by atoms with Gasteiger partial charge >= 0.3 is 0 Å². The molecule has 0 aliphatic rings. The largest absolute Gasteiger partial charge is 0.493 e. The molecule has 15 heavy (non-hydrogen) atoms. The van der Waals surface area contributed by atoms with Gasteiger partial charge in [-0.25, -0.2) is 0 Å². The first kappa shape index (κ1) is 11.9. The lowest BCUT2D eigenvalue weighted by Crippen LogP contribution is -2.07. The van der Waals surface area contributed by atoms with Crippen molar-refractivity contribution in [2.75, 3.05) is 13.7 Å². The van der Waals surface area contributed by atoms with Crippen LogP contribution in [0, 0.1) is 0 Å². The van der Waals surface area contributed by atoms with E-state index in [-0.39, 0.29) is 12.7 Å². The fourth-order valence-electron chi connectivity index (χ4n) is 1.35. The molecule has 0 amide bonds. The molecule has 1 N–H and O–H groups in total. The molecule has 0 spiro atoms. The van der Waals surface area contributed by atoms with Gasteiger partial charge in [-0.2, -0.15) is 0 Å². The molecular formula is C12H18O3. The Hall–Kier alpha value is -1.22. The molecule has 1 rings (SSSR count). The third-order valence-corrected chi connectivity index (χ3v) is 1.99. The van der Waals surface area contributed by atoms with Gasteiger partial charge < -0.3 is 14.6 Å². The molecule has 0 atom stereocenters. The summed E-state index contributed by atoms with van der Waals surface area (Å²) in [6.45, 7) is 4.09. The van der Waals surface area contributed by atoms with E-state index in [1.807, 2.05) is 32.0 Å². The van der Waals surface area contributed by atoms with E-state index in [1.54, 1.807) is 7.11 Å². The number of ether oxygens (including phenoxy) is 2. The maximum atomic E-state index is 8.83. The Morgan fingerprint density at radius 1 is 1.27 bits per heavy atom. The fourth-order valence-corrected chi connectivity index (χ4v) is 1.35. The van der Waals surface area contributed by atoms with Gasteiger partial charge in [0.1, 0.15) is 0 Å². The predicted molar refractivity (Wildman–Crippen MR) is 59.5 cm³/mol. The number of aliphatic hydroxyl groups excluding tert-OH is 1. The van der Waals surface area contributed by atoms with Crippen LogP contribution in [0.4, 0.5) is 0 Å². The van der Waals surface area contributed by atoms with Crippen molar-refractivity contribution in [3.8, 4) is 11.5 Å². The lowest BCUT2D eigenvalue weighted by atomic mass is 10.1. The van der Waals surface area contributed by atoms with Crippen molar-refractivity contribution in [1.82, 2.24) is 0 Å². The van der Waals surface area contributed by atoms with E-state index in [9.17, 15) is 0 Å². The average Bonchev–Trinajstić information content (AvgIpc) is 2.20. The summed E-state index contributed by atoms with van der Waals surface area (Å²) < 4.78 is 10.8. The first-order valence-electron chi connectivity index (χ1n) is 5.11. The molecule has 3 heteroatoms. The Morgan fingerprint density at radius 2 is 2.00 bits per heavy atom. The number of aliphatic hydroxyl groups is 1. The third-order valence-electron chi connectivity index (χ3n) is 1.99. The molecule has 1 aromatic rings. The Morgan fingerprint density at radius 3 is 2.53 bits per heavy atom. The monoisotopic (exact) mass is 210 g/mol. The van der Waals surface area contributed by atoms with Crippen molar-refractivity contribution < 1.29 is 14.6 Å². The van der Waals surface area contributed by atoms with Crippen LogP contribution >= 0.6 is 0 Å². The van der Waals surface area contributed by atoms with Crippen molar-refractivity contribution in [2.45, 2.75) is 26.4 Å². The molecule has 0 saturated heterocycles. The molecule has 3 nitrogen and oxygen atoms in total. The highest BCUT2D eigenvalue weighted by molar-refractivity contribution is 5.43. The van der Waals surface area contributed by atoms with E-state index < -0.39 is 0 Å². The molecule has 0 heterocycles. The van der Waals surface area contributed by atoms with Crippen molar-refractivity contribution >= 4 is 0 Å². The first-order chi connectivity index (χ1) is 7.17. The zero-order valence-corrected chi connectivity index (χ0v) is 9.49. The summed E-state index contributed by atoms with van der Waals surface area (Å²) in [6.07, 6.45) is 0.765. The fraction of sp³-hybridized carbons (Fsp3) is 0.500. The summed E-state index contributed by atoms with van der Waals surface area (Å²) in [5.74, 6) is 1.46. The van der Waals surface area contributed by atoms with Gasteiger partial charge in [-0.3, -0.25) is 0 Å². The highest BCUT2D eigenvalue weighted by Crippen LogP contribution is 2.28. The number of hydrogen-bond acceptors (Lipinski definition) is 3. The van der Waals surface area contributed by atoms with E-state index in [2.05, 4.69) is 0 Å². The summed E-state index contributed by atoms with van der Waals surface area (Å²) in [6, 6.07) is 5.72. The van der Waals surface area contributed by atoms with Crippen molar-refractivity contribution in [3.05, 3.63) is 23.8 Å². The summed E-state index contributed by atoms with van der Waals surface area (Å²) in [5, 5.41) is 8.83. The van der Waals surface area contributed by atoms with Crippen molar-refractivity contribution in [2.24, 2.45) is 0 Å². The van der Waals surface area contributed by atoms with Gasteiger partial charge in [0, 0.05) is 6.61 Å². The van der Waals surface area contributed by atoms with E-state index >= 15 is 0 Å². The van der Waals surface area contributed by atoms with Gasteiger partial charge in [-0.05, 0) is 38.0 Å². The molecule has 0 aromatic heterocycles. The second-order valence-corrected chi connectivity index (χ2v) is 3.63. The summed E-state index contributed by atoms with van der Waals surface area (Å²) in [4.78, 5) is 0. The van der Waals surface area contributed by atoms with Crippen LogP contribution in [-0.4, -0.2) is 24.9 Å². The van der Waals surface area contributed by atoms with Gasteiger partial charge in [0.15, 0.2) is 11.5 Å². The van der Waals surface area contributed by atoms with Gasteiger partial charge in [-0.1, -0.05) is 6.07 Å². The summed E-state index contributed by atoms with van der Waals surface area (Å²) in [7, 11) is 1.62. The maximum Gasteiger partial charge on any atom is 0.161 e. The summed E-state index contributed by atoms with van der Waals surface area (Å²) >= 11 is 0. The van der Waals surface area contributed by atoms with Crippen LogP contribution in [-0.2, 0) is 6.42 Å². The minimum Gasteiger partial charge on any atom is -0.493 e. The number of methoxy groups -OCH3 is 1. The highest BCUT2D eigenvalue weighted by atomic mass is 16.5. The molecule has 0 unspecified atom stereocenters. The van der Waals surface area contributed by atoms with Gasteiger partial charge in [0.2, 0.25) is 0 Å². The Bertz CT molecular complexity index is 308. The number of hydrogen-bond donors (Lipinski definition) is 1. The second kappa shape index (κ2) is 5.61. The molecule has 0 bridgehead atoms. The molecule has 0 aliphatic carbocycles. The van der Waals surface area contributed by atoms with Gasteiger partial charge in [0.25, 0.3) is 0 Å². The zero-order valence-electron chi connectivity index (χ0n) is 9.49. The molecule has 0 saturated carbocycles. The van der Waals surface area contributed by atoms with Crippen LogP contribution in [0.2, 0.25) is 0 Å². The summed E-state index contributed by atoms with van der Waals surface area (Å²) in [5.41, 5.74) is 1.05. The quantitative estimate of drug-likeness (QED) is 0.808. The molecule has 0 radical (unpaired) electrons. The van der Waals surface area contributed by atoms with Crippen LogP contribution < -0.4 is 9.47 Å². The van der Waals surface area contributed by atoms with Crippen molar-refractivity contribution in [1.29, 1.82) is 0 Å². The van der Waals surface area contributed by atoms with Crippen molar-refractivity contribution in [3.63, 3.8) is 0 Å².